The van der Waals surface area contributed by atoms with Gasteiger partial charge in [0.15, 0.2) is 0 Å². The number of benzene rings is 2. The van der Waals surface area contributed by atoms with Gasteiger partial charge in [-0.3, -0.25) is 9.78 Å². The molecular formula is C20H14N4O2. The van der Waals surface area contributed by atoms with Crippen LogP contribution in [0, 0.1) is 0 Å². The summed E-state index contributed by atoms with van der Waals surface area (Å²) in [5.41, 5.74) is 0.817. The number of fused-ring (bicyclic) bond motifs is 1. The molecular weight excluding hydrogens is 328 g/mol. The van der Waals surface area contributed by atoms with E-state index in [0.29, 0.717) is 17.1 Å². The Morgan fingerprint density at radius 3 is 2.38 bits per heavy atom. The van der Waals surface area contributed by atoms with Gasteiger partial charge in [-0.05, 0) is 23.6 Å². The molecule has 4 aromatic rings. The Bertz CT molecular complexity index is 1040. The van der Waals surface area contributed by atoms with Gasteiger partial charge in [0, 0.05) is 11.6 Å². The van der Waals surface area contributed by atoms with Crippen LogP contribution in [0.2, 0.25) is 0 Å². The topological polar surface area (TPSA) is 77.0 Å². The second-order valence-corrected chi connectivity index (χ2v) is 5.50. The van der Waals surface area contributed by atoms with E-state index in [-0.39, 0.29) is 11.9 Å². The number of rotatable bonds is 4. The monoisotopic (exact) mass is 342 g/mol. The zero-order valence-electron chi connectivity index (χ0n) is 13.7. The second kappa shape index (κ2) is 6.98. The summed E-state index contributed by atoms with van der Waals surface area (Å²) in [4.78, 5) is 25.0. The molecule has 0 spiro atoms. The summed E-state index contributed by atoms with van der Waals surface area (Å²) < 4.78 is 5.53. The lowest BCUT2D eigenvalue weighted by Crippen LogP contribution is -2.14. The van der Waals surface area contributed by atoms with Gasteiger partial charge in [0.1, 0.15) is 11.4 Å². The summed E-state index contributed by atoms with van der Waals surface area (Å²) in [6.07, 6.45) is 4.60. The molecule has 6 heteroatoms. The van der Waals surface area contributed by atoms with Gasteiger partial charge in [-0.1, -0.05) is 42.5 Å². The Balaban J connectivity index is 1.51. The lowest BCUT2D eigenvalue weighted by molar-refractivity contribution is 0.102. The number of nitrogens with zero attached hydrogens (tertiary/aromatic N) is 3. The van der Waals surface area contributed by atoms with Crippen molar-refractivity contribution in [2.75, 3.05) is 5.32 Å². The SMILES string of the molecule is O=C(Nc1cnc(Oc2ccccc2)nc1)c1nccc2ccccc12. The van der Waals surface area contributed by atoms with Crippen LogP contribution in [-0.4, -0.2) is 20.9 Å². The number of carbonyl (C=O) groups excluding carboxylic acids is 1. The third-order valence-corrected chi connectivity index (χ3v) is 3.73. The third kappa shape index (κ3) is 3.34. The van der Waals surface area contributed by atoms with Crippen molar-refractivity contribution >= 4 is 22.4 Å². The van der Waals surface area contributed by atoms with Crippen molar-refractivity contribution in [2.45, 2.75) is 0 Å². The van der Waals surface area contributed by atoms with Crippen LogP contribution >= 0.6 is 0 Å². The zero-order chi connectivity index (χ0) is 17.8. The third-order valence-electron chi connectivity index (χ3n) is 3.73. The number of amides is 1. The minimum Gasteiger partial charge on any atom is -0.424 e. The fourth-order valence-electron chi connectivity index (χ4n) is 2.52. The van der Waals surface area contributed by atoms with Crippen molar-refractivity contribution in [1.29, 1.82) is 0 Å². The molecule has 0 atom stereocenters. The molecule has 0 fully saturated rings. The van der Waals surface area contributed by atoms with Crippen molar-refractivity contribution in [1.82, 2.24) is 15.0 Å². The maximum absolute atomic E-state index is 12.5. The smallest absolute Gasteiger partial charge is 0.322 e. The highest BCUT2D eigenvalue weighted by Gasteiger charge is 2.12. The molecule has 0 bridgehead atoms. The first-order valence-corrected chi connectivity index (χ1v) is 8.00. The molecule has 1 amide bonds. The molecule has 0 aliphatic carbocycles. The van der Waals surface area contributed by atoms with Gasteiger partial charge in [-0.15, -0.1) is 0 Å². The lowest BCUT2D eigenvalue weighted by atomic mass is 10.1. The summed E-state index contributed by atoms with van der Waals surface area (Å²) in [5, 5.41) is 4.50. The van der Waals surface area contributed by atoms with Crippen molar-refractivity contribution in [3.05, 3.63) is 84.9 Å². The maximum Gasteiger partial charge on any atom is 0.322 e. The number of aromatic nitrogens is 3. The Hall–Kier alpha value is -3.80. The van der Waals surface area contributed by atoms with E-state index in [2.05, 4.69) is 20.3 Å². The van der Waals surface area contributed by atoms with Gasteiger partial charge in [0.2, 0.25) is 0 Å². The molecule has 0 saturated carbocycles. The van der Waals surface area contributed by atoms with Gasteiger partial charge in [0.25, 0.3) is 5.91 Å². The van der Waals surface area contributed by atoms with E-state index in [1.165, 1.54) is 12.4 Å². The molecule has 6 nitrogen and oxygen atoms in total. The fourth-order valence-corrected chi connectivity index (χ4v) is 2.52. The number of para-hydroxylation sites is 1. The predicted octanol–water partition coefficient (Wildman–Crippen LogP) is 4.07. The molecule has 0 radical (unpaired) electrons. The van der Waals surface area contributed by atoms with Crippen molar-refractivity contribution in [3.63, 3.8) is 0 Å². The van der Waals surface area contributed by atoms with Gasteiger partial charge in [-0.2, -0.15) is 0 Å². The van der Waals surface area contributed by atoms with Gasteiger partial charge in [0.05, 0.1) is 18.1 Å². The fraction of sp³-hybridized carbons (Fsp3) is 0. The molecule has 2 aromatic heterocycles. The molecule has 4 rings (SSSR count). The van der Waals surface area contributed by atoms with E-state index in [9.17, 15) is 4.79 Å². The van der Waals surface area contributed by atoms with Crippen LogP contribution in [0.1, 0.15) is 10.5 Å². The summed E-state index contributed by atoms with van der Waals surface area (Å²) in [5.74, 6) is 0.325. The first-order valence-electron chi connectivity index (χ1n) is 8.00. The highest BCUT2D eigenvalue weighted by molar-refractivity contribution is 6.11. The number of nitrogens with one attached hydrogen (secondary N) is 1. The van der Waals surface area contributed by atoms with E-state index < -0.39 is 0 Å². The quantitative estimate of drug-likeness (QED) is 0.605. The average Bonchev–Trinajstić information content (AvgIpc) is 2.70. The standard InChI is InChI=1S/C20H14N4O2/c25-19(18-17-9-5-4-6-14(17)10-11-21-18)24-15-12-22-20(23-13-15)26-16-7-2-1-3-8-16/h1-13H,(H,24,25). The zero-order valence-corrected chi connectivity index (χ0v) is 13.7. The Labute approximate surface area is 149 Å². The summed E-state index contributed by atoms with van der Waals surface area (Å²) in [6, 6.07) is 18.9. The van der Waals surface area contributed by atoms with Crippen LogP contribution < -0.4 is 10.1 Å². The average molecular weight is 342 g/mol. The molecule has 26 heavy (non-hydrogen) atoms. The number of pyridine rings is 1. The van der Waals surface area contributed by atoms with E-state index in [1.807, 2.05) is 60.7 Å². The highest BCUT2D eigenvalue weighted by atomic mass is 16.5. The van der Waals surface area contributed by atoms with Crippen molar-refractivity contribution < 1.29 is 9.53 Å². The predicted molar refractivity (Wildman–Crippen MR) is 98.2 cm³/mol. The Morgan fingerprint density at radius 1 is 0.846 bits per heavy atom. The van der Waals surface area contributed by atoms with E-state index in [1.54, 1.807) is 6.20 Å². The van der Waals surface area contributed by atoms with Gasteiger partial charge >= 0.3 is 6.01 Å². The minimum absolute atomic E-state index is 0.206. The largest absolute Gasteiger partial charge is 0.424 e. The van der Waals surface area contributed by atoms with E-state index >= 15 is 0 Å². The van der Waals surface area contributed by atoms with Crippen LogP contribution in [0.15, 0.2) is 79.3 Å². The first kappa shape index (κ1) is 15.7. The Morgan fingerprint density at radius 2 is 1.58 bits per heavy atom. The van der Waals surface area contributed by atoms with Crippen LogP contribution in [0.25, 0.3) is 10.8 Å². The molecule has 0 saturated heterocycles. The molecule has 2 heterocycles. The highest BCUT2D eigenvalue weighted by Crippen LogP contribution is 2.19. The first-order chi connectivity index (χ1) is 12.8. The number of ether oxygens (including phenoxy) is 1. The van der Waals surface area contributed by atoms with Crippen LogP contribution in [0.4, 0.5) is 5.69 Å². The molecule has 2 aromatic carbocycles. The van der Waals surface area contributed by atoms with Crippen molar-refractivity contribution in [2.24, 2.45) is 0 Å². The lowest BCUT2D eigenvalue weighted by Gasteiger charge is -2.07. The summed E-state index contributed by atoms with van der Waals surface area (Å²) in [6.45, 7) is 0. The normalized spacial score (nSPS) is 10.5. The number of carbonyl (C=O) groups is 1. The minimum atomic E-state index is -0.317. The second-order valence-electron chi connectivity index (χ2n) is 5.50. The molecule has 126 valence electrons. The summed E-state index contributed by atoms with van der Waals surface area (Å²) >= 11 is 0. The number of hydrogen-bond acceptors (Lipinski definition) is 5. The van der Waals surface area contributed by atoms with E-state index in [0.717, 1.165) is 10.8 Å². The van der Waals surface area contributed by atoms with E-state index in [4.69, 9.17) is 4.74 Å². The number of anilines is 1. The van der Waals surface area contributed by atoms with Crippen molar-refractivity contribution in [3.8, 4) is 11.8 Å². The molecule has 0 aliphatic rings. The summed E-state index contributed by atoms with van der Waals surface area (Å²) in [7, 11) is 0. The maximum atomic E-state index is 12.5. The van der Waals surface area contributed by atoms with Crippen LogP contribution in [-0.2, 0) is 0 Å². The molecule has 1 N–H and O–H groups in total. The Kier molecular flexibility index (Phi) is 4.22. The van der Waals surface area contributed by atoms with Crippen LogP contribution in [0.3, 0.4) is 0 Å². The van der Waals surface area contributed by atoms with Gasteiger partial charge in [-0.25, -0.2) is 9.97 Å². The number of hydrogen-bond donors (Lipinski definition) is 1. The molecule has 0 aliphatic heterocycles. The van der Waals surface area contributed by atoms with Crippen LogP contribution in [0.5, 0.6) is 11.8 Å². The van der Waals surface area contributed by atoms with Gasteiger partial charge < -0.3 is 10.1 Å². The molecule has 0 unspecified atom stereocenters.